The van der Waals surface area contributed by atoms with Crippen LogP contribution >= 0.6 is 0 Å². The largest absolute Gasteiger partial charge is 0.508 e. The van der Waals surface area contributed by atoms with E-state index in [1.807, 2.05) is 4.90 Å². The maximum Gasteiger partial charge on any atom is 0.349 e. The van der Waals surface area contributed by atoms with E-state index < -0.39 is 17.6 Å². The van der Waals surface area contributed by atoms with Crippen molar-refractivity contribution in [1.29, 1.82) is 0 Å². The van der Waals surface area contributed by atoms with Crippen LogP contribution in [0.25, 0.3) is 39.1 Å². The zero-order chi connectivity index (χ0) is 29.3. The molecule has 2 aromatic carbocycles. The standard InChI is InChI=1S/C32H32F2N4O4/c1-4-22-24(34)7-6-19-12-21(39)13-23(25(19)22)28-18(3)27-26(30(40)42-28)29(38-11-8-17(38)2)36-31(35-27)41-16-32-9-5-10-37(32)15-20(33)14-32/h4,6-7,12-13,17,20,39H,1,5,8-11,14-16H2,2-3H3/t17-,20-,32+/m1/s1. The number of hydrogen-bond donors (Lipinski definition) is 1. The maximum atomic E-state index is 14.9. The maximum absolute atomic E-state index is 14.9. The van der Waals surface area contributed by atoms with Crippen LogP contribution in [0.15, 0.2) is 40.1 Å². The molecule has 4 aromatic rings. The number of hydrogen-bond acceptors (Lipinski definition) is 8. The first kappa shape index (κ1) is 26.8. The molecule has 1 N–H and O–H groups in total. The Labute approximate surface area is 241 Å². The van der Waals surface area contributed by atoms with Gasteiger partial charge < -0.3 is 19.2 Å². The number of halogens is 2. The molecule has 0 bridgehead atoms. The van der Waals surface area contributed by atoms with Gasteiger partial charge in [0.05, 0.1) is 11.1 Å². The molecule has 0 radical (unpaired) electrons. The van der Waals surface area contributed by atoms with E-state index in [-0.39, 0.29) is 46.7 Å². The van der Waals surface area contributed by atoms with E-state index in [2.05, 4.69) is 23.4 Å². The highest BCUT2D eigenvalue weighted by atomic mass is 19.1. The van der Waals surface area contributed by atoms with Gasteiger partial charge in [0.25, 0.3) is 0 Å². The van der Waals surface area contributed by atoms with E-state index in [0.717, 1.165) is 25.8 Å². The van der Waals surface area contributed by atoms with Gasteiger partial charge in [0, 0.05) is 47.6 Å². The first-order valence-electron chi connectivity index (χ1n) is 14.4. The summed E-state index contributed by atoms with van der Waals surface area (Å²) in [4.78, 5) is 27.3. The van der Waals surface area contributed by atoms with Crippen molar-refractivity contribution in [3.8, 4) is 23.1 Å². The van der Waals surface area contributed by atoms with Crippen LogP contribution < -0.4 is 15.3 Å². The summed E-state index contributed by atoms with van der Waals surface area (Å²) in [6.07, 6.45) is 3.71. The number of aryl methyl sites for hydroxylation is 1. The van der Waals surface area contributed by atoms with Crippen molar-refractivity contribution in [2.75, 3.05) is 31.1 Å². The van der Waals surface area contributed by atoms with Crippen LogP contribution in [0.3, 0.4) is 0 Å². The second-order valence-electron chi connectivity index (χ2n) is 11.8. The second kappa shape index (κ2) is 9.76. The second-order valence-corrected chi connectivity index (χ2v) is 11.8. The number of nitrogens with zero attached hydrogens (tertiary/aromatic N) is 4. The zero-order valence-corrected chi connectivity index (χ0v) is 23.6. The number of phenols is 1. The zero-order valence-electron chi connectivity index (χ0n) is 23.6. The molecule has 3 fully saturated rings. The fourth-order valence-corrected chi connectivity index (χ4v) is 7.06. The van der Waals surface area contributed by atoms with Gasteiger partial charge in [0.2, 0.25) is 0 Å². The minimum Gasteiger partial charge on any atom is -0.508 e. The molecule has 0 unspecified atom stereocenters. The summed E-state index contributed by atoms with van der Waals surface area (Å²) < 4.78 is 41.4. The van der Waals surface area contributed by atoms with Crippen LogP contribution in [0.1, 0.15) is 43.7 Å². The normalized spacial score (nSPS) is 23.9. The van der Waals surface area contributed by atoms with E-state index in [0.29, 0.717) is 52.7 Å². The topological polar surface area (TPSA) is 91.9 Å². The van der Waals surface area contributed by atoms with Crippen LogP contribution in [-0.2, 0) is 0 Å². The molecule has 0 amide bonds. The molecule has 2 aromatic heterocycles. The van der Waals surface area contributed by atoms with Gasteiger partial charge in [-0.05, 0) is 63.2 Å². The number of aromatic nitrogens is 2. The molecule has 0 spiro atoms. The van der Waals surface area contributed by atoms with E-state index in [4.69, 9.17) is 14.1 Å². The Bertz CT molecular complexity index is 1820. The van der Waals surface area contributed by atoms with Gasteiger partial charge >= 0.3 is 11.6 Å². The van der Waals surface area contributed by atoms with Gasteiger partial charge in [0.1, 0.15) is 35.5 Å². The molecule has 5 heterocycles. The Kier molecular flexibility index (Phi) is 6.23. The molecular formula is C32H32F2N4O4. The van der Waals surface area contributed by atoms with Crippen molar-refractivity contribution in [2.24, 2.45) is 0 Å². The Hall–Kier alpha value is -4.05. The van der Waals surface area contributed by atoms with Gasteiger partial charge in [-0.25, -0.2) is 13.6 Å². The van der Waals surface area contributed by atoms with E-state index in [1.165, 1.54) is 24.3 Å². The summed E-state index contributed by atoms with van der Waals surface area (Å²) in [7, 11) is 0. The lowest BCUT2D eigenvalue weighted by atomic mass is 9.94. The third kappa shape index (κ3) is 4.06. The molecule has 8 nitrogen and oxygen atoms in total. The molecule has 3 saturated heterocycles. The summed E-state index contributed by atoms with van der Waals surface area (Å²) in [6, 6.07) is 6.11. The lowest BCUT2D eigenvalue weighted by Gasteiger charge is -2.40. The molecule has 3 aliphatic heterocycles. The number of ether oxygens (including phenoxy) is 1. The van der Waals surface area contributed by atoms with Gasteiger partial charge in [-0.3, -0.25) is 4.90 Å². The Balaban J connectivity index is 1.41. The van der Waals surface area contributed by atoms with E-state index >= 15 is 0 Å². The number of rotatable bonds is 6. The van der Waals surface area contributed by atoms with Crippen LogP contribution in [0.4, 0.5) is 14.6 Å². The molecule has 42 heavy (non-hydrogen) atoms. The molecular weight excluding hydrogens is 542 g/mol. The van der Waals surface area contributed by atoms with E-state index in [1.54, 1.807) is 13.0 Å². The average molecular weight is 575 g/mol. The molecule has 0 aliphatic carbocycles. The summed E-state index contributed by atoms with van der Waals surface area (Å²) in [5.41, 5.74) is 0.414. The quantitative estimate of drug-likeness (QED) is 0.311. The van der Waals surface area contributed by atoms with Crippen molar-refractivity contribution in [1.82, 2.24) is 14.9 Å². The lowest BCUT2D eigenvalue weighted by Crippen LogP contribution is -2.47. The number of aromatic hydroxyl groups is 1. The highest BCUT2D eigenvalue weighted by Gasteiger charge is 2.49. The smallest absolute Gasteiger partial charge is 0.349 e. The van der Waals surface area contributed by atoms with Gasteiger partial charge in [-0.1, -0.05) is 18.7 Å². The van der Waals surface area contributed by atoms with Crippen LogP contribution in [-0.4, -0.2) is 64.0 Å². The van der Waals surface area contributed by atoms with Gasteiger partial charge in [-0.15, -0.1) is 0 Å². The summed E-state index contributed by atoms with van der Waals surface area (Å²) >= 11 is 0. The Morgan fingerprint density at radius 2 is 2.10 bits per heavy atom. The van der Waals surface area contributed by atoms with Crippen molar-refractivity contribution in [3.63, 3.8) is 0 Å². The number of phenolic OH excluding ortho intramolecular Hbond substituents is 1. The first-order valence-corrected chi connectivity index (χ1v) is 14.4. The highest BCUT2D eigenvalue weighted by Crippen LogP contribution is 2.42. The first-order chi connectivity index (χ1) is 20.2. The molecule has 7 rings (SSSR count). The predicted molar refractivity (Wildman–Crippen MR) is 157 cm³/mol. The fourth-order valence-electron chi connectivity index (χ4n) is 7.06. The SMILES string of the molecule is C=Cc1c(F)ccc2cc(O)cc(-c3oc(=O)c4c(N5CC[C@H]5C)nc(OC[C@@]56CCCN5C[C@H](F)C6)nc4c3C)c12. The number of benzene rings is 2. The summed E-state index contributed by atoms with van der Waals surface area (Å²) in [6.45, 7) is 9.81. The highest BCUT2D eigenvalue weighted by molar-refractivity contribution is 6.04. The fraction of sp³-hybridized carbons (Fsp3) is 0.406. The minimum absolute atomic E-state index is 0.0637. The molecule has 3 atom stereocenters. The van der Waals surface area contributed by atoms with Gasteiger partial charge in [0.15, 0.2) is 5.82 Å². The van der Waals surface area contributed by atoms with Gasteiger partial charge in [-0.2, -0.15) is 9.97 Å². The third-order valence-corrected chi connectivity index (χ3v) is 9.33. The third-order valence-electron chi connectivity index (χ3n) is 9.33. The van der Waals surface area contributed by atoms with Crippen molar-refractivity contribution >= 4 is 33.6 Å². The molecule has 0 saturated carbocycles. The minimum atomic E-state index is -0.888. The average Bonchev–Trinajstić information content (AvgIpc) is 3.48. The number of anilines is 1. The molecule has 3 aliphatic rings. The lowest BCUT2D eigenvalue weighted by molar-refractivity contribution is 0.107. The number of alkyl halides is 1. The molecule has 218 valence electrons. The predicted octanol–water partition coefficient (Wildman–Crippen LogP) is 5.75. The molecule has 10 heteroatoms. The van der Waals surface area contributed by atoms with Crippen LogP contribution in [0.2, 0.25) is 0 Å². The van der Waals surface area contributed by atoms with Crippen molar-refractivity contribution < 1.29 is 23.0 Å². The summed E-state index contributed by atoms with van der Waals surface area (Å²) in [5, 5.41) is 11.8. The monoisotopic (exact) mass is 574 g/mol. The van der Waals surface area contributed by atoms with Crippen LogP contribution in [0, 0.1) is 12.7 Å². The number of fused-ring (bicyclic) bond motifs is 3. The summed E-state index contributed by atoms with van der Waals surface area (Å²) in [5.74, 6) is 0.0449. The van der Waals surface area contributed by atoms with Crippen LogP contribution in [0.5, 0.6) is 11.8 Å². The Morgan fingerprint density at radius 3 is 2.83 bits per heavy atom. The Morgan fingerprint density at radius 1 is 1.26 bits per heavy atom. The van der Waals surface area contributed by atoms with Crippen molar-refractivity contribution in [2.45, 2.75) is 57.3 Å². The van der Waals surface area contributed by atoms with Crippen molar-refractivity contribution in [3.05, 3.63) is 58.2 Å². The van der Waals surface area contributed by atoms with E-state index in [9.17, 15) is 18.7 Å².